The van der Waals surface area contributed by atoms with Crippen LogP contribution in [0.5, 0.6) is 0 Å². The molecule has 0 unspecified atom stereocenters. The second-order valence-corrected chi connectivity index (χ2v) is 9.07. The van der Waals surface area contributed by atoms with Gasteiger partial charge in [0.1, 0.15) is 5.82 Å². The molecule has 0 saturated heterocycles. The molecule has 0 amide bonds. The summed E-state index contributed by atoms with van der Waals surface area (Å²) < 4.78 is 44.3. The molecule has 0 radical (unpaired) electrons. The molecule has 1 N–H and O–H groups in total. The van der Waals surface area contributed by atoms with Crippen LogP contribution in [0.25, 0.3) is 16.9 Å². The number of pyridine rings is 1. The summed E-state index contributed by atoms with van der Waals surface area (Å²) in [4.78, 5) is 11.9. The maximum atomic E-state index is 14.6. The molecule has 152 valence electrons. The molecule has 3 aromatic rings. The highest BCUT2D eigenvalue weighted by atomic mass is 32.2. The van der Waals surface area contributed by atoms with Crippen molar-refractivity contribution in [1.29, 1.82) is 0 Å². The Hall–Kier alpha value is -2.94. The second kappa shape index (κ2) is 7.47. The zero-order valence-electron chi connectivity index (χ0n) is 15.9. The van der Waals surface area contributed by atoms with Crippen molar-refractivity contribution in [1.82, 2.24) is 14.3 Å². The Morgan fingerprint density at radius 3 is 2.69 bits per heavy atom. The minimum atomic E-state index is -3.44. The number of nitrogens with zero attached hydrogens (tertiary/aromatic N) is 3. The molecule has 0 spiro atoms. The molecule has 4 rings (SSSR count). The van der Waals surface area contributed by atoms with Crippen molar-refractivity contribution >= 4 is 15.7 Å². The van der Waals surface area contributed by atoms with Crippen LogP contribution in [0, 0.1) is 5.82 Å². The summed E-state index contributed by atoms with van der Waals surface area (Å²) >= 11 is 0. The van der Waals surface area contributed by atoms with Crippen molar-refractivity contribution in [3.05, 3.63) is 65.0 Å². The third-order valence-corrected chi connectivity index (χ3v) is 6.62. The Morgan fingerprint density at radius 1 is 1.21 bits per heavy atom. The first kappa shape index (κ1) is 19.4. The lowest BCUT2D eigenvalue weighted by molar-refractivity contribution is 0.600. The molecule has 1 aliphatic rings. The van der Waals surface area contributed by atoms with E-state index in [4.69, 9.17) is 0 Å². The number of aryl methyl sites for hydroxylation is 1. The van der Waals surface area contributed by atoms with E-state index in [1.54, 1.807) is 33.8 Å². The zero-order chi connectivity index (χ0) is 20.6. The highest BCUT2D eigenvalue weighted by Crippen LogP contribution is 2.31. The largest absolute Gasteiger partial charge is 0.313 e. The Morgan fingerprint density at radius 2 is 2.00 bits per heavy atom. The Balaban J connectivity index is 1.59. The number of rotatable bonds is 7. The quantitative estimate of drug-likeness (QED) is 0.641. The monoisotopic (exact) mass is 416 g/mol. The van der Waals surface area contributed by atoms with Crippen LogP contribution in [0.3, 0.4) is 0 Å². The van der Waals surface area contributed by atoms with E-state index in [1.807, 2.05) is 6.92 Å². The summed E-state index contributed by atoms with van der Waals surface area (Å²) in [5, 5.41) is 4.03. The molecule has 29 heavy (non-hydrogen) atoms. The van der Waals surface area contributed by atoms with E-state index in [-0.39, 0.29) is 22.1 Å². The van der Waals surface area contributed by atoms with Crippen molar-refractivity contribution in [2.75, 3.05) is 4.72 Å². The minimum absolute atomic E-state index is 0.0849. The van der Waals surface area contributed by atoms with E-state index in [0.29, 0.717) is 30.8 Å². The molecule has 2 aromatic heterocycles. The Kier molecular flexibility index (Phi) is 4.99. The van der Waals surface area contributed by atoms with Gasteiger partial charge in [0.2, 0.25) is 10.0 Å². The first-order chi connectivity index (χ1) is 13.9. The van der Waals surface area contributed by atoms with Gasteiger partial charge in [-0.15, -0.1) is 0 Å². The molecule has 1 aromatic carbocycles. The average molecular weight is 416 g/mol. The van der Waals surface area contributed by atoms with Gasteiger partial charge >= 0.3 is 0 Å². The van der Waals surface area contributed by atoms with Crippen LogP contribution in [0.1, 0.15) is 26.2 Å². The Labute approximate surface area is 167 Å². The lowest BCUT2D eigenvalue weighted by Gasteiger charge is -2.09. The van der Waals surface area contributed by atoms with Crippen LogP contribution in [0.4, 0.5) is 10.1 Å². The van der Waals surface area contributed by atoms with E-state index >= 15 is 0 Å². The minimum Gasteiger partial charge on any atom is -0.313 e. The van der Waals surface area contributed by atoms with Gasteiger partial charge < -0.3 is 4.57 Å². The van der Waals surface area contributed by atoms with Gasteiger partial charge in [-0.1, -0.05) is 6.92 Å². The van der Waals surface area contributed by atoms with E-state index in [2.05, 4.69) is 9.82 Å². The summed E-state index contributed by atoms with van der Waals surface area (Å²) in [6.07, 6.45) is 5.51. The number of benzene rings is 1. The molecule has 0 aliphatic heterocycles. The number of sulfonamides is 1. The summed E-state index contributed by atoms with van der Waals surface area (Å²) in [6.45, 7) is 2.59. The topological polar surface area (TPSA) is 86.0 Å². The zero-order valence-corrected chi connectivity index (χ0v) is 16.7. The molecule has 1 saturated carbocycles. The highest BCUT2D eigenvalue weighted by Gasteiger charge is 2.35. The molecule has 0 bridgehead atoms. The van der Waals surface area contributed by atoms with Crippen LogP contribution >= 0.6 is 0 Å². The van der Waals surface area contributed by atoms with Gasteiger partial charge in [-0.25, -0.2) is 17.5 Å². The third-order valence-electron chi connectivity index (χ3n) is 4.75. The first-order valence-corrected chi connectivity index (χ1v) is 11.0. The number of hydrogen-bond acceptors (Lipinski definition) is 4. The van der Waals surface area contributed by atoms with Gasteiger partial charge in [-0.2, -0.15) is 5.10 Å². The van der Waals surface area contributed by atoms with Gasteiger partial charge in [0, 0.05) is 30.6 Å². The predicted molar refractivity (Wildman–Crippen MR) is 109 cm³/mol. The molecule has 9 heteroatoms. The fourth-order valence-electron chi connectivity index (χ4n) is 3.09. The molecule has 1 fully saturated rings. The third kappa shape index (κ3) is 4.09. The van der Waals surface area contributed by atoms with Gasteiger partial charge in [-0.05, 0) is 49.6 Å². The standard InChI is InChI=1S/C20H21FN4O3S/c1-2-10-24-13-15(4-8-20(24)26)25-11-9-19(22-25)17-7-3-14(12-18(17)21)23-29(27,28)16-5-6-16/h3-4,7-9,11-13,16,23H,2,5-6,10H2,1H3. The number of halogens is 1. The predicted octanol–water partition coefficient (Wildman–Crippen LogP) is 3.15. The smallest absolute Gasteiger partial charge is 0.250 e. The molecular weight excluding hydrogens is 395 g/mol. The van der Waals surface area contributed by atoms with Crippen molar-refractivity contribution in [2.24, 2.45) is 0 Å². The van der Waals surface area contributed by atoms with E-state index < -0.39 is 15.8 Å². The van der Waals surface area contributed by atoms with Crippen molar-refractivity contribution in [3.63, 3.8) is 0 Å². The molecule has 2 heterocycles. The molecular formula is C20H21FN4O3S. The first-order valence-electron chi connectivity index (χ1n) is 9.45. The fourth-order valence-corrected chi connectivity index (χ4v) is 4.47. The van der Waals surface area contributed by atoms with Gasteiger partial charge in [-0.3, -0.25) is 9.52 Å². The lowest BCUT2D eigenvalue weighted by Crippen LogP contribution is -2.19. The van der Waals surface area contributed by atoms with Gasteiger partial charge in [0.05, 0.1) is 22.3 Å². The van der Waals surface area contributed by atoms with Crippen LogP contribution in [0.2, 0.25) is 0 Å². The van der Waals surface area contributed by atoms with Gasteiger partial charge in [0.15, 0.2) is 0 Å². The lowest BCUT2D eigenvalue weighted by atomic mass is 10.1. The van der Waals surface area contributed by atoms with E-state index in [0.717, 1.165) is 12.5 Å². The summed E-state index contributed by atoms with van der Waals surface area (Å²) in [7, 11) is -3.44. The summed E-state index contributed by atoms with van der Waals surface area (Å²) in [6, 6.07) is 9.01. The molecule has 7 nitrogen and oxygen atoms in total. The maximum absolute atomic E-state index is 14.6. The maximum Gasteiger partial charge on any atom is 0.250 e. The van der Waals surface area contributed by atoms with Crippen molar-refractivity contribution in [3.8, 4) is 16.9 Å². The Bertz CT molecular complexity index is 1210. The highest BCUT2D eigenvalue weighted by molar-refractivity contribution is 7.93. The van der Waals surface area contributed by atoms with Crippen LogP contribution < -0.4 is 10.3 Å². The summed E-state index contributed by atoms with van der Waals surface area (Å²) in [5.74, 6) is -0.567. The fraction of sp³-hybridized carbons (Fsp3) is 0.300. The number of hydrogen-bond donors (Lipinski definition) is 1. The summed E-state index contributed by atoms with van der Waals surface area (Å²) in [5.41, 5.74) is 1.48. The van der Waals surface area contributed by atoms with Crippen LogP contribution in [-0.2, 0) is 16.6 Å². The van der Waals surface area contributed by atoms with E-state index in [1.165, 1.54) is 18.2 Å². The number of nitrogens with one attached hydrogen (secondary N) is 1. The average Bonchev–Trinajstić information content (AvgIpc) is 3.43. The van der Waals surface area contributed by atoms with Gasteiger partial charge in [0.25, 0.3) is 5.56 Å². The number of anilines is 1. The SMILES string of the molecule is CCCn1cc(-n2ccc(-c3ccc(NS(=O)(=O)C4CC4)cc3F)n2)ccc1=O. The van der Waals surface area contributed by atoms with Crippen molar-refractivity contribution in [2.45, 2.75) is 38.0 Å². The van der Waals surface area contributed by atoms with E-state index in [9.17, 15) is 17.6 Å². The number of aromatic nitrogens is 3. The normalized spacial score (nSPS) is 14.1. The molecule has 0 atom stereocenters. The van der Waals surface area contributed by atoms with Crippen LogP contribution in [0.15, 0.2) is 53.6 Å². The van der Waals surface area contributed by atoms with Crippen LogP contribution in [-0.4, -0.2) is 28.0 Å². The second-order valence-electron chi connectivity index (χ2n) is 7.11. The van der Waals surface area contributed by atoms with Crippen molar-refractivity contribution < 1.29 is 12.8 Å². The molecule has 1 aliphatic carbocycles.